The molecule has 1 saturated carbocycles. The molecule has 5 heterocycles. The molecule has 2 aromatic rings. The van der Waals surface area contributed by atoms with E-state index in [-0.39, 0.29) is 29.9 Å². The van der Waals surface area contributed by atoms with E-state index in [4.69, 9.17) is 20.2 Å². The number of carbonyl (C=O) groups excluding carboxylic acids is 2. The van der Waals surface area contributed by atoms with E-state index in [1.807, 2.05) is 12.1 Å². The third kappa shape index (κ3) is 4.65. The monoisotopic (exact) mass is 556 g/mol. The first-order chi connectivity index (χ1) is 19.7. The molecule has 5 atom stereocenters. The van der Waals surface area contributed by atoms with Crippen molar-refractivity contribution in [3.63, 3.8) is 0 Å². The Bertz CT molecular complexity index is 1450. The van der Waals surface area contributed by atoms with Crippen LogP contribution in [0.5, 0.6) is 11.5 Å². The average molecular weight is 557 g/mol. The second-order valence-electron chi connectivity index (χ2n) is 13.3. The van der Waals surface area contributed by atoms with Gasteiger partial charge in [0.05, 0.1) is 30.7 Å². The van der Waals surface area contributed by atoms with Crippen LogP contribution in [-0.2, 0) is 4.79 Å². The van der Waals surface area contributed by atoms with Gasteiger partial charge in [0.2, 0.25) is 5.91 Å². The van der Waals surface area contributed by atoms with Crippen LogP contribution in [0.15, 0.2) is 41.4 Å². The number of benzene rings is 2. The van der Waals surface area contributed by atoms with Crippen LogP contribution in [0.2, 0.25) is 0 Å². The van der Waals surface area contributed by atoms with Crippen molar-refractivity contribution in [3.05, 3.63) is 58.7 Å². The Morgan fingerprint density at radius 1 is 1.10 bits per heavy atom. The molecule has 1 fully saturated rings. The van der Waals surface area contributed by atoms with Gasteiger partial charge in [0, 0.05) is 29.5 Å². The molecule has 41 heavy (non-hydrogen) atoms. The lowest BCUT2D eigenvalue weighted by atomic mass is 9.84. The van der Waals surface area contributed by atoms with Crippen molar-refractivity contribution < 1.29 is 19.1 Å². The van der Waals surface area contributed by atoms with Gasteiger partial charge in [-0.25, -0.2) is 4.99 Å². The minimum Gasteiger partial charge on any atom is -0.493 e. The molecule has 8 rings (SSSR count). The molecule has 2 unspecified atom stereocenters. The van der Waals surface area contributed by atoms with Gasteiger partial charge < -0.3 is 20.5 Å². The Labute approximate surface area is 241 Å². The smallest absolute Gasteiger partial charge is 0.251 e. The summed E-state index contributed by atoms with van der Waals surface area (Å²) in [7, 11) is 0. The fourth-order valence-electron chi connectivity index (χ4n) is 7.62. The zero-order chi connectivity index (χ0) is 28.5. The molecule has 6 aliphatic rings. The summed E-state index contributed by atoms with van der Waals surface area (Å²) in [5, 5.41) is 3.32. The lowest BCUT2D eigenvalue weighted by molar-refractivity contribution is -0.132. The summed E-state index contributed by atoms with van der Waals surface area (Å²) in [5.41, 5.74) is 9.44. The van der Waals surface area contributed by atoms with Crippen molar-refractivity contribution in [3.8, 4) is 11.5 Å². The molecule has 0 spiro atoms. The molecule has 0 radical (unpaired) electrons. The zero-order valence-electron chi connectivity index (χ0n) is 24.2. The second-order valence-corrected chi connectivity index (χ2v) is 13.3. The summed E-state index contributed by atoms with van der Waals surface area (Å²) in [6.45, 7) is 6.71. The Balaban J connectivity index is 1.31. The second kappa shape index (κ2) is 9.50. The molecule has 5 aliphatic heterocycles. The molecule has 216 valence electrons. The van der Waals surface area contributed by atoms with Crippen LogP contribution in [0.3, 0.4) is 0 Å². The summed E-state index contributed by atoms with van der Waals surface area (Å²) in [6.07, 6.45) is 6.54. The standard InChI is InChI=1S/C33H40N4O4/c1-4-33-12-5-6-19-14-22(19)20-7-10-28-23(15-20)25(17-32(2,3)41-28)35-30(39)21-8-9-27-24(16-21)26(11-13-40-27)37(29(38)18-33)31(34)36-33/h7-10,15-16,19,22,25-26H,4-6,11-14,17-18H2,1-3H3,(H2,34,36)(H,35,39)/t19?,22?,25-,26+,33+/m0/s1. The van der Waals surface area contributed by atoms with Crippen LogP contribution in [0.25, 0.3) is 0 Å². The van der Waals surface area contributed by atoms with Gasteiger partial charge in [-0.05, 0) is 87.3 Å². The van der Waals surface area contributed by atoms with Crippen LogP contribution in [0, 0.1) is 5.92 Å². The van der Waals surface area contributed by atoms with Crippen LogP contribution in [0.1, 0.15) is 117 Å². The summed E-state index contributed by atoms with van der Waals surface area (Å²) >= 11 is 0. The summed E-state index contributed by atoms with van der Waals surface area (Å²) in [5.74, 6) is 2.79. The highest BCUT2D eigenvalue weighted by atomic mass is 16.5. The van der Waals surface area contributed by atoms with Crippen LogP contribution < -0.4 is 20.5 Å². The van der Waals surface area contributed by atoms with Crippen molar-refractivity contribution >= 4 is 17.8 Å². The molecule has 2 amide bonds. The first-order valence-electron chi connectivity index (χ1n) is 15.2. The molecule has 3 N–H and O–H groups in total. The molecule has 0 aromatic heterocycles. The molecule has 8 nitrogen and oxygen atoms in total. The molecule has 0 saturated heterocycles. The Hall–Kier alpha value is -3.55. The minimum atomic E-state index is -0.454. The maximum absolute atomic E-state index is 13.8. The van der Waals surface area contributed by atoms with E-state index in [0.29, 0.717) is 49.0 Å². The number of hydrogen-bond acceptors (Lipinski definition) is 6. The van der Waals surface area contributed by atoms with E-state index in [0.717, 1.165) is 49.0 Å². The number of carbonyl (C=O) groups is 2. The Kier molecular flexibility index (Phi) is 6.10. The molecular weight excluding hydrogens is 516 g/mol. The van der Waals surface area contributed by atoms with Crippen molar-refractivity contribution in [1.82, 2.24) is 10.2 Å². The van der Waals surface area contributed by atoms with Crippen LogP contribution in [0.4, 0.5) is 0 Å². The fourth-order valence-corrected chi connectivity index (χ4v) is 7.62. The van der Waals surface area contributed by atoms with Gasteiger partial charge in [0.1, 0.15) is 17.1 Å². The fraction of sp³-hybridized carbons (Fsp3) is 0.545. The largest absolute Gasteiger partial charge is 0.493 e. The highest BCUT2D eigenvalue weighted by Crippen LogP contribution is 2.53. The minimum absolute atomic E-state index is 0.00210. The van der Waals surface area contributed by atoms with Gasteiger partial charge >= 0.3 is 0 Å². The number of nitrogens with two attached hydrogens (primary N) is 1. The average Bonchev–Trinajstić information content (AvgIpc) is 3.71. The highest BCUT2D eigenvalue weighted by molar-refractivity contribution is 6.00. The number of guanidine groups is 1. The van der Waals surface area contributed by atoms with Gasteiger partial charge in [-0.2, -0.15) is 0 Å². The van der Waals surface area contributed by atoms with Gasteiger partial charge in [-0.1, -0.05) is 19.4 Å². The number of amides is 2. The number of nitrogens with zero attached hydrogens (tertiary/aromatic N) is 2. The van der Waals surface area contributed by atoms with Crippen molar-refractivity contribution in [2.24, 2.45) is 16.6 Å². The van der Waals surface area contributed by atoms with E-state index in [1.54, 1.807) is 11.0 Å². The summed E-state index contributed by atoms with van der Waals surface area (Å²) in [6, 6.07) is 11.6. The SMILES string of the molecule is CC[C@@]12CCCC3CC3c3ccc4c(c3)[C@H](CC(C)(C)O4)NC(=O)c3ccc4c(c3)[C@@H](CCO4)N(C(=O)C1)C(N)=N2. The molecule has 2 aromatic carbocycles. The normalized spacial score (nSPS) is 31.8. The summed E-state index contributed by atoms with van der Waals surface area (Å²) < 4.78 is 12.3. The number of hydrogen-bond donors (Lipinski definition) is 2. The number of nitrogens with one attached hydrogen (secondary N) is 1. The number of aliphatic imine (C=N–C) groups is 1. The highest BCUT2D eigenvalue weighted by Gasteiger charge is 2.44. The predicted molar refractivity (Wildman–Crippen MR) is 156 cm³/mol. The number of fused-ring (bicyclic) bond motifs is 4. The predicted octanol–water partition coefficient (Wildman–Crippen LogP) is 5.53. The zero-order valence-corrected chi connectivity index (χ0v) is 24.2. The molecule has 6 bridgehead atoms. The van der Waals surface area contributed by atoms with Crippen LogP contribution in [-0.4, -0.2) is 40.4 Å². The van der Waals surface area contributed by atoms with Crippen molar-refractivity contribution in [2.75, 3.05) is 6.61 Å². The first-order valence-corrected chi connectivity index (χ1v) is 15.2. The number of ether oxygens (including phenoxy) is 2. The van der Waals surface area contributed by atoms with E-state index >= 15 is 0 Å². The van der Waals surface area contributed by atoms with E-state index < -0.39 is 11.1 Å². The van der Waals surface area contributed by atoms with Gasteiger partial charge in [0.15, 0.2) is 5.96 Å². The lowest BCUT2D eigenvalue weighted by Crippen LogP contribution is -2.53. The Morgan fingerprint density at radius 2 is 1.93 bits per heavy atom. The van der Waals surface area contributed by atoms with Crippen molar-refractivity contribution in [1.29, 1.82) is 0 Å². The molecular formula is C33H40N4O4. The van der Waals surface area contributed by atoms with E-state index in [9.17, 15) is 9.59 Å². The Morgan fingerprint density at radius 3 is 2.73 bits per heavy atom. The van der Waals surface area contributed by atoms with E-state index in [1.165, 1.54) is 5.56 Å². The quantitative estimate of drug-likeness (QED) is 0.481. The van der Waals surface area contributed by atoms with Gasteiger partial charge in [0.25, 0.3) is 5.91 Å². The first kappa shape index (κ1) is 26.4. The number of rotatable bonds is 1. The maximum atomic E-state index is 13.8. The van der Waals surface area contributed by atoms with Gasteiger partial charge in [-0.15, -0.1) is 0 Å². The van der Waals surface area contributed by atoms with Crippen LogP contribution >= 0.6 is 0 Å². The molecule has 1 aliphatic carbocycles. The summed E-state index contributed by atoms with van der Waals surface area (Å²) in [4.78, 5) is 34.2. The topological polar surface area (TPSA) is 106 Å². The van der Waals surface area contributed by atoms with Gasteiger partial charge in [-0.3, -0.25) is 14.5 Å². The van der Waals surface area contributed by atoms with Crippen molar-refractivity contribution in [2.45, 2.75) is 101 Å². The lowest BCUT2D eigenvalue weighted by Gasteiger charge is -2.42. The third-order valence-corrected chi connectivity index (χ3v) is 9.96. The third-order valence-electron chi connectivity index (χ3n) is 9.96. The van der Waals surface area contributed by atoms with E-state index in [2.05, 4.69) is 44.3 Å². The maximum Gasteiger partial charge on any atom is 0.251 e. The molecule has 8 heteroatoms.